The minimum absolute atomic E-state index is 0.692. The maximum absolute atomic E-state index is 6.05. The van der Waals surface area contributed by atoms with Crippen LogP contribution in [0.25, 0.3) is 10.8 Å². The largest absolute Gasteiger partial charge is 0.398 e. The zero-order valence-corrected chi connectivity index (χ0v) is 11.9. The minimum Gasteiger partial charge on any atom is -0.398 e. The lowest BCUT2D eigenvalue weighted by Gasteiger charge is -2.13. The first-order valence-electron chi connectivity index (χ1n) is 6.45. The van der Waals surface area contributed by atoms with Crippen LogP contribution in [0.5, 0.6) is 0 Å². The summed E-state index contributed by atoms with van der Waals surface area (Å²) in [4.78, 5) is 0. The highest BCUT2D eigenvalue weighted by atomic mass is 35.5. The summed E-state index contributed by atoms with van der Waals surface area (Å²) in [5.74, 6) is 0. The van der Waals surface area contributed by atoms with E-state index in [0.29, 0.717) is 5.02 Å². The molecule has 100 valence electrons. The molecule has 0 spiro atoms. The van der Waals surface area contributed by atoms with Gasteiger partial charge in [-0.25, -0.2) is 0 Å². The number of nitrogen functional groups attached to an aromatic ring is 1. The lowest BCUT2D eigenvalue weighted by atomic mass is 10.1. The van der Waals surface area contributed by atoms with Crippen LogP contribution in [0.4, 0.5) is 17.1 Å². The molecule has 0 saturated heterocycles. The van der Waals surface area contributed by atoms with Crippen LogP contribution in [0.3, 0.4) is 0 Å². The molecule has 0 unspecified atom stereocenters. The Morgan fingerprint density at radius 3 is 2.50 bits per heavy atom. The molecule has 3 aromatic carbocycles. The summed E-state index contributed by atoms with van der Waals surface area (Å²) in [5, 5.41) is 6.19. The van der Waals surface area contributed by atoms with E-state index in [2.05, 4.69) is 24.4 Å². The third-order valence-electron chi connectivity index (χ3n) is 3.43. The highest BCUT2D eigenvalue weighted by Crippen LogP contribution is 2.32. The van der Waals surface area contributed by atoms with Crippen molar-refractivity contribution in [1.82, 2.24) is 0 Å². The number of nitrogens with one attached hydrogen (secondary N) is 1. The van der Waals surface area contributed by atoms with Gasteiger partial charge in [-0.1, -0.05) is 35.9 Å². The van der Waals surface area contributed by atoms with Gasteiger partial charge in [0.05, 0.1) is 0 Å². The van der Waals surface area contributed by atoms with Gasteiger partial charge in [0, 0.05) is 32.9 Å². The molecule has 0 heterocycles. The Morgan fingerprint density at radius 1 is 0.900 bits per heavy atom. The molecule has 0 bridgehead atoms. The number of halogens is 1. The van der Waals surface area contributed by atoms with Crippen molar-refractivity contribution in [3.05, 3.63) is 65.2 Å². The van der Waals surface area contributed by atoms with Crippen molar-refractivity contribution in [2.45, 2.75) is 6.92 Å². The topological polar surface area (TPSA) is 38.0 Å². The lowest BCUT2D eigenvalue weighted by Crippen LogP contribution is -1.95. The maximum atomic E-state index is 6.05. The van der Waals surface area contributed by atoms with Crippen molar-refractivity contribution >= 4 is 39.4 Å². The first kappa shape index (κ1) is 12.8. The fraction of sp³-hybridized carbons (Fsp3) is 0.0588. The first-order valence-corrected chi connectivity index (χ1v) is 6.83. The van der Waals surface area contributed by atoms with Crippen LogP contribution in [0.2, 0.25) is 5.02 Å². The zero-order chi connectivity index (χ0) is 14.1. The fourth-order valence-electron chi connectivity index (χ4n) is 2.31. The van der Waals surface area contributed by atoms with Crippen LogP contribution in [0.15, 0.2) is 54.6 Å². The van der Waals surface area contributed by atoms with Crippen LogP contribution < -0.4 is 11.1 Å². The number of nitrogens with two attached hydrogens (primary N) is 1. The summed E-state index contributed by atoms with van der Waals surface area (Å²) in [7, 11) is 0. The Morgan fingerprint density at radius 2 is 1.70 bits per heavy atom. The third-order valence-corrected chi connectivity index (χ3v) is 3.66. The number of rotatable bonds is 2. The second kappa shape index (κ2) is 5.06. The van der Waals surface area contributed by atoms with E-state index < -0.39 is 0 Å². The Bertz CT molecular complexity index is 781. The molecule has 0 aliphatic carbocycles. The van der Waals surface area contributed by atoms with E-state index >= 15 is 0 Å². The quantitative estimate of drug-likeness (QED) is 0.640. The minimum atomic E-state index is 0.692. The molecule has 0 aliphatic rings. The highest BCUT2D eigenvalue weighted by molar-refractivity contribution is 6.31. The van der Waals surface area contributed by atoms with Crippen LogP contribution in [0.1, 0.15) is 5.56 Å². The average Bonchev–Trinajstić information content (AvgIpc) is 2.44. The van der Waals surface area contributed by atoms with Gasteiger partial charge in [-0.2, -0.15) is 0 Å². The Balaban J connectivity index is 2.13. The number of benzene rings is 3. The van der Waals surface area contributed by atoms with Crippen molar-refractivity contribution < 1.29 is 0 Å². The molecule has 0 fully saturated rings. The van der Waals surface area contributed by atoms with Crippen molar-refractivity contribution in [2.24, 2.45) is 0 Å². The van der Waals surface area contributed by atoms with E-state index in [4.69, 9.17) is 17.3 Å². The SMILES string of the molecule is Cc1ccccc1Nc1ccc(N)c2cc(Cl)ccc12. The molecule has 3 rings (SSSR count). The highest BCUT2D eigenvalue weighted by Gasteiger charge is 2.06. The van der Waals surface area contributed by atoms with Gasteiger partial charge in [-0.15, -0.1) is 0 Å². The Kier molecular flexibility index (Phi) is 3.25. The molecular weight excluding hydrogens is 268 g/mol. The molecule has 2 nitrogen and oxygen atoms in total. The number of hydrogen-bond donors (Lipinski definition) is 2. The number of fused-ring (bicyclic) bond motifs is 1. The van der Waals surface area contributed by atoms with Gasteiger partial charge in [0.15, 0.2) is 0 Å². The Labute approximate surface area is 123 Å². The predicted octanol–water partition coefficient (Wildman–Crippen LogP) is 5.13. The summed E-state index contributed by atoms with van der Waals surface area (Å²) >= 11 is 6.05. The zero-order valence-electron chi connectivity index (χ0n) is 11.2. The molecule has 3 aromatic rings. The molecule has 3 N–H and O–H groups in total. The summed E-state index contributed by atoms with van der Waals surface area (Å²) < 4.78 is 0. The summed E-state index contributed by atoms with van der Waals surface area (Å²) in [6.45, 7) is 2.08. The van der Waals surface area contributed by atoms with E-state index in [1.165, 1.54) is 5.56 Å². The molecule has 20 heavy (non-hydrogen) atoms. The van der Waals surface area contributed by atoms with Crippen LogP contribution in [-0.2, 0) is 0 Å². The van der Waals surface area contributed by atoms with Gasteiger partial charge >= 0.3 is 0 Å². The maximum Gasteiger partial charge on any atom is 0.0465 e. The molecule has 3 heteroatoms. The van der Waals surface area contributed by atoms with Gasteiger partial charge in [-0.05, 0) is 42.8 Å². The second-order valence-electron chi connectivity index (χ2n) is 4.83. The first-order chi connectivity index (χ1) is 9.65. The Hall–Kier alpha value is -2.19. The van der Waals surface area contributed by atoms with Crippen molar-refractivity contribution in [1.29, 1.82) is 0 Å². The van der Waals surface area contributed by atoms with E-state index in [1.54, 1.807) is 0 Å². The molecular formula is C17H15ClN2. The number of hydrogen-bond acceptors (Lipinski definition) is 2. The normalized spacial score (nSPS) is 10.7. The molecule has 0 aromatic heterocycles. The standard InChI is InChI=1S/C17H15ClN2/c1-11-4-2-3-5-16(11)20-17-9-8-15(19)14-10-12(18)6-7-13(14)17/h2-10,20H,19H2,1H3. The molecule has 0 aliphatic heterocycles. The van der Waals surface area contributed by atoms with Gasteiger partial charge in [0.1, 0.15) is 0 Å². The van der Waals surface area contributed by atoms with Crippen molar-refractivity contribution in [2.75, 3.05) is 11.1 Å². The fourth-order valence-corrected chi connectivity index (χ4v) is 2.48. The van der Waals surface area contributed by atoms with Crippen LogP contribution >= 0.6 is 11.6 Å². The van der Waals surface area contributed by atoms with Crippen molar-refractivity contribution in [3.63, 3.8) is 0 Å². The lowest BCUT2D eigenvalue weighted by molar-refractivity contribution is 1.44. The van der Waals surface area contributed by atoms with Crippen molar-refractivity contribution in [3.8, 4) is 0 Å². The van der Waals surface area contributed by atoms with Crippen LogP contribution in [-0.4, -0.2) is 0 Å². The average molecular weight is 283 g/mol. The molecule has 0 amide bonds. The number of anilines is 3. The summed E-state index contributed by atoms with van der Waals surface area (Å²) in [5.41, 5.74) is 10.1. The van der Waals surface area contributed by atoms with Gasteiger partial charge < -0.3 is 11.1 Å². The second-order valence-corrected chi connectivity index (χ2v) is 5.27. The summed E-state index contributed by atoms with van der Waals surface area (Å²) in [6, 6.07) is 17.9. The van der Waals surface area contributed by atoms with Crippen LogP contribution in [0, 0.1) is 6.92 Å². The molecule has 0 radical (unpaired) electrons. The molecule has 0 atom stereocenters. The number of aryl methyl sites for hydroxylation is 1. The van der Waals surface area contributed by atoms with E-state index in [1.807, 2.05) is 42.5 Å². The monoisotopic (exact) mass is 282 g/mol. The van der Waals surface area contributed by atoms with Gasteiger partial charge in [0.25, 0.3) is 0 Å². The summed E-state index contributed by atoms with van der Waals surface area (Å²) in [6.07, 6.45) is 0. The number of para-hydroxylation sites is 1. The van der Waals surface area contributed by atoms with E-state index in [9.17, 15) is 0 Å². The van der Waals surface area contributed by atoms with E-state index in [0.717, 1.165) is 27.8 Å². The third kappa shape index (κ3) is 2.30. The smallest absolute Gasteiger partial charge is 0.0465 e. The van der Waals surface area contributed by atoms with Gasteiger partial charge in [-0.3, -0.25) is 0 Å². The van der Waals surface area contributed by atoms with Gasteiger partial charge in [0.2, 0.25) is 0 Å². The van der Waals surface area contributed by atoms with E-state index in [-0.39, 0.29) is 0 Å². The predicted molar refractivity (Wildman–Crippen MR) is 87.8 cm³/mol. The molecule has 0 saturated carbocycles.